The Morgan fingerprint density at radius 1 is 0.871 bits per heavy atom. The van der Waals surface area contributed by atoms with Crippen LogP contribution in [-0.4, -0.2) is 29.3 Å². The summed E-state index contributed by atoms with van der Waals surface area (Å²) in [4.78, 5) is 24.0. The standard InChI is InChI=1S/C22H17N5O3S/c23-21(28)16-3-7-17(8-4-16)26-22-25-13-11-20(27-22)15-5-9-18(10-6-15)31(29,30)19-2-1-12-24-14-19/h1-14H,(H2,23,28)(H,25,26,27). The zero-order valence-corrected chi connectivity index (χ0v) is 17.0. The zero-order chi connectivity index (χ0) is 21.8. The molecule has 0 bridgehead atoms. The Hall–Kier alpha value is -4.11. The third-order valence-electron chi connectivity index (χ3n) is 4.49. The maximum absolute atomic E-state index is 12.7. The van der Waals surface area contributed by atoms with E-state index in [0.717, 1.165) is 5.56 Å². The molecule has 0 aliphatic heterocycles. The molecule has 0 aliphatic rings. The minimum Gasteiger partial charge on any atom is -0.366 e. The van der Waals surface area contributed by atoms with Crippen molar-refractivity contribution in [2.75, 3.05) is 5.32 Å². The molecule has 4 aromatic rings. The van der Waals surface area contributed by atoms with Crippen molar-refractivity contribution in [1.29, 1.82) is 0 Å². The number of benzene rings is 2. The summed E-state index contributed by atoms with van der Waals surface area (Å²) < 4.78 is 25.4. The van der Waals surface area contributed by atoms with Gasteiger partial charge < -0.3 is 11.1 Å². The smallest absolute Gasteiger partial charge is 0.248 e. The molecule has 8 nitrogen and oxygen atoms in total. The first-order chi connectivity index (χ1) is 14.9. The van der Waals surface area contributed by atoms with E-state index in [9.17, 15) is 13.2 Å². The van der Waals surface area contributed by atoms with Crippen molar-refractivity contribution in [3.8, 4) is 11.3 Å². The maximum Gasteiger partial charge on any atom is 0.248 e. The number of rotatable bonds is 6. The number of aromatic nitrogens is 3. The van der Waals surface area contributed by atoms with E-state index in [0.29, 0.717) is 22.9 Å². The van der Waals surface area contributed by atoms with Gasteiger partial charge in [-0.05, 0) is 54.6 Å². The quantitative estimate of drug-likeness (QED) is 0.480. The van der Waals surface area contributed by atoms with Gasteiger partial charge >= 0.3 is 0 Å². The van der Waals surface area contributed by atoms with Gasteiger partial charge in [-0.3, -0.25) is 9.78 Å². The van der Waals surface area contributed by atoms with Gasteiger partial charge in [0.2, 0.25) is 21.7 Å². The van der Waals surface area contributed by atoms with Gasteiger partial charge in [-0.15, -0.1) is 0 Å². The van der Waals surface area contributed by atoms with Gasteiger partial charge in [0.15, 0.2) is 0 Å². The average molecular weight is 431 g/mol. The summed E-state index contributed by atoms with van der Waals surface area (Å²) in [7, 11) is -3.64. The monoisotopic (exact) mass is 431 g/mol. The number of pyridine rings is 1. The average Bonchev–Trinajstić information content (AvgIpc) is 2.80. The van der Waals surface area contributed by atoms with Crippen molar-refractivity contribution in [3.63, 3.8) is 0 Å². The number of hydrogen-bond donors (Lipinski definition) is 2. The first-order valence-electron chi connectivity index (χ1n) is 9.19. The summed E-state index contributed by atoms with van der Waals surface area (Å²) in [6.45, 7) is 0. The highest BCUT2D eigenvalue weighted by atomic mass is 32.2. The number of nitrogens with one attached hydrogen (secondary N) is 1. The van der Waals surface area contributed by atoms with E-state index in [1.54, 1.807) is 54.7 Å². The molecule has 0 fully saturated rings. The minimum atomic E-state index is -3.64. The molecule has 3 N–H and O–H groups in total. The molecule has 0 saturated heterocycles. The SMILES string of the molecule is NC(=O)c1ccc(Nc2nccc(-c3ccc(S(=O)(=O)c4cccnc4)cc3)n2)cc1. The summed E-state index contributed by atoms with van der Waals surface area (Å²) in [5.41, 5.74) is 7.70. The van der Waals surface area contributed by atoms with E-state index in [1.807, 2.05) is 0 Å². The van der Waals surface area contributed by atoms with Crippen LogP contribution in [0.2, 0.25) is 0 Å². The lowest BCUT2D eigenvalue weighted by molar-refractivity contribution is 0.100. The number of sulfone groups is 1. The van der Waals surface area contributed by atoms with Crippen LogP contribution < -0.4 is 11.1 Å². The first kappa shape index (κ1) is 20.2. The fourth-order valence-electron chi connectivity index (χ4n) is 2.87. The van der Waals surface area contributed by atoms with Gasteiger partial charge in [0, 0.05) is 35.4 Å². The van der Waals surface area contributed by atoms with Gasteiger partial charge in [0.25, 0.3) is 0 Å². The van der Waals surface area contributed by atoms with Crippen molar-refractivity contribution in [2.24, 2.45) is 5.73 Å². The third-order valence-corrected chi connectivity index (χ3v) is 6.24. The lowest BCUT2D eigenvalue weighted by Gasteiger charge is -2.08. The molecule has 154 valence electrons. The molecule has 2 heterocycles. The molecule has 31 heavy (non-hydrogen) atoms. The molecule has 4 rings (SSSR count). The normalized spacial score (nSPS) is 11.1. The Bertz CT molecular complexity index is 1320. The second kappa shape index (κ2) is 8.33. The van der Waals surface area contributed by atoms with Gasteiger partial charge in [-0.1, -0.05) is 12.1 Å². The minimum absolute atomic E-state index is 0.138. The Morgan fingerprint density at radius 2 is 1.61 bits per heavy atom. The highest BCUT2D eigenvalue weighted by Gasteiger charge is 2.17. The molecule has 0 saturated carbocycles. The predicted molar refractivity (Wildman–Crippen MR) is 115 cm³/mol. The fourth-order valence-corrected chi connectivity index (χ4v) is 4.10. The number of carbonyl (C=O) groups is 1. The van der Waals surface area contributed by atoms with Gasteiger partial charge in [0.05, 0.1) is 15.5 Å². The highest BCUT2D eigenvalue weighted by molar-refractivity contribution is 7.91. The van der Waals surface area contributed by atoms with E-state index < -0.39 is 15.7 Å². The summed E-state index contributed by atoms with van der Waals surface area (Å²) in [6, 6.07) is 17.9. The van der Waals surface area contributed by atoms with Crippen LogP contribution in [0.3, 0.4) is 0 Å². The summed E-state index contributed by atoms with van der Waals surface area (Å²) >= 11 is 0. The van der Waals surface area contributed by atoms with E-state index >= 15 is 0 Å². The summed E-state index contributed by atoms with van der Waals surface area (Å²) in [5, 5.41) is 3.06. The number of carbonyl (C=O) groups excluding carboxylic acids is 1. The van der Waals surface area contributed by atoms with Gasteiger partial charge in [0.1, 0.15) is 0 Å². The number of nitrogens with two attached hydrogens (primary N) is 1. The van der Waals surface area contributed by atoms with E-state index in [1.165, 1.54) is 30.6 Å². The maximum atomic E-state index is 12.7. The molecule has 0 radical (unpaired) electrons. The number of primary amides is 1. The zero-order valence-electron chi connectivity index (χ0n) is 16.1. The van der Waals surface area contributed by atoms with Crippen LogP contribution in [0, 0.1) is 0 Å². The van der Waals surface area contributed by atoms with Crippen LogP contribution in [0.4, 0.5) is 11.6 Å². The van der Waals surface area contributed by atoms with Crippen molar-refractivity contribution >= 4 is 27.4 Å². The summed E-state index contributed by atoms with van der Waals surface area (Å²) in [5.74, 6) is -0.143. The lowest BCUT2D eigenvalue weighted by atomic mass is 10.1. The number of anilines is 2. The first-order valence-corrected chi connectivity index (χ1v) is 10.7. The Balaban J connectivity index is 1.56. The van der Waals surface area contributed by atoms with E-state index in [-0.39, 0.29) is 9.79 Å². The predicted octanol–water partition coefficient (Wildman–Crippen LogP) is 3.21. The summed E-state index contributed by atoms with van der Waals surface area (Å²) in [6.07, 6.45) is 4.44. The van der Waals surface area contributed by atoms with Crippen LogP contribution in [0.25, 0.3) is 11.3 Å². The molecule has 0 aliphatic carbocycles. The second-order valence-electron chi connectivity index (χ2n) is 6.55. The van der Waals surface area contributed by atoms with Crippen LogP contribution >= 0.6 is 0 Å². The molecular formula is C22H17N5O3S. The molecule has 1 amide bonds. The lowest BCUT2D eigenvalue weighted by Crippen LogP contribution is -2.10. The number of amides is 1. The van der Waals surface area contributed by atoms with Crippen LogP contribution in [0.5, 0.6) is 0 Å². The molecular weight excluding hydrogens is 414 g/mol. The van der Waals surface area contributed by atoms with Crippen LogP contribution in [0.1, 0.15) is 10.4 Å². The number of nitrogens with zero attached hydrogens (tertiary/aromatic N) is 3. The van der Waals surface area contributed by atoms with Gasteiger partial charge in [-0.2, -0.15) is 0 Å². The van der Waals surface area contributed by atoms with Crippen molar-refractivity contribution in [1.82, 2.24) is 15.0 Å². The molecule has 0 unspecified atom stereocenters. The molecule has 2 aromatic carbocycles. The highest BCUT2D eigenvalue weighted by Crippen LogP contribution is 2.24. The van der Waals surface area contributed by atoms with E-state index in [4.69, 9.17) is 5.73 Å². The largest absolute Gasteiger partial charge is 0.366 e. The number of hydrogen-bond acceptors (Lipinski definition) is 7. The third kappa shape index (κ3) is 4.41. The second-order valence-corrected chi connectivity index (χ2v) is 8.50. The van der Waals surface area contributed by atoms with Crippen molar-refractivity contribution in [3.05, 3.63) is 90.9 Å². The molecule has 0 atom stereocenters. The fraction of sp³-hybridized carbons (Fsp3) is 0. The van der Waals surface area contributed by atoms with E-state index in [2.05, 4.69) is 20.3 Å². The topological polar surface area (TPSA) is 128 Å². The molecule has 9 heteroatoms. The Labute approximate surface area is 178 Å². The van der Waals surface area contributed by atoms with Gasteiger partial charge in [-0.25, -0.2) is 18.4 Å². The molecule has 0 spiro atoms. The Morgan fingerprint density at radius 3 is 2.26 bits per heavy atom. The molecule has 2 aromatic heterocycles. The van der Waals surface area contributed by atoms with Crippen LogP contribution in [-0.2, 0) is 9.84 Å². The van der Waals surface area contributed by atoms with Crippen LogP contribution in [0.15, 0.2) is 95.1 Å². The van der Waals surface area contributed by atoms with Crippen molar-refractivity contribution < 1.29 is 13.2 Å². The Kier molecular flexibility index (Phi) is 5.42. The van der Waals surface area contributed by atoms with Crippen molar-refractivity contribution in [2.45, 2.75) is 9.79 Å².